The number of aromatic nitrogens is 4. The van der Waals surface area contributed by atoms with Crippen LogP contribution in [0.5, 0.6) is 0 Å². The average molecular weight is 433 g/mol. The maximum atomic E-state index is 12.2. The fourth-order valence-corrected chi connectivity index (χ4v) is 5.50. The topological polar surface area (TPSA) is 99.5 Å². The van der Waals surface area contributed by atoms with E-state index < -0.39 is 5.41 Å². The second-order valence-electron chi connectivity index (χ2n) is 9.81. The van der Waals surface area contributed by atoms with E-state index in [4.69, 9.17) is 4.98 Å². The van der Waals surface area contributed by atoms with Crippen molar-refractivity contribution in [2.75, 3.05) is 23.0 Å². The highest BCUT2D eigenvalue weighted by molar-refractivity contribution is 6.06. The first kappa shape index (κ1) is 19.5. The van der Waals surface area contributed by atoms with E-state index in [1.165, 1.54) is 12.8 Å². The van der Waals surface area contributed by atoms with Crippen LogP contribution in [0.3, 0.4) is 0 Å². The lowest BCUT2D eigenvalue weighted by Crippen LogP contribution is -2.44. The lowest BCUT2D eigenvalue weighted by Gasteiger charge is -2.36. The zero-order valence-corrected chi connectivity index (χ0v) is 18.6. The van der Waals surface area contributed by atoms with Crippen LogP contribution in [0, 0.1) is 0 Å². The molecule has 3 N–H and O–H groups in total. The summed E-state index contributed by atoms with van der Waals surface area (Å²) in [7, 11) is 2.25. The number of hydrogen-bond donors (Lipinski definition) is 3. The van der Waals surface area contributed by atoms with Crippen molar-refractivity contribution in [2.45, 2.75) is 63.1 Å². The van der Waals surface area contributed by atoms with Crippen molar-refractivity contribution in [2.24, 2.45) is 0 Å². The lowest BCUT2D eigenvalue weighted by molar-refractivity contribution is -0.119. The number of hydrogen-bond acceptors (Lipinski definition) is 7. The molecule has 2 aromatic heterocycles. The molecule has 6 rings (SSSR count). The van der Waals surface area contributed by atoms with Gasteiger partial charge in [-0.25, -0.2) is 9.50 Å². The molecular weight excluding hydrogens is 404 g/mol. The van der Waals surface area contributed by atoms with Crippen LogP contribution in [0.4, 0.5) is 23.1 Å². The van der Waals surface area contributed by atoms with Gasteiger partial charge >= 0.3 is 0 Å². The van der Waals surface area contributed by atoms with Crippen LogP contribution >= 0.6 is 0 Å². The second-order valence-corrected chi connectivity index (χ2v) is 9.81. The first-order valence-corrected chi connectivity index (χ1v) is 11.3. The summed E-state index contributed by atoms with van der Waals surface area (Å²) in [5.74, 6) is 1.28. The first-order chi connectivity index (χ1) is 15.4. The summed E-state index contributed by atoms with van der Waals surface area (Å²) < 4.78 is 1.75. The van der Waals surface area contributed by atoms with Gasteiger partial charge in [-0.15, -0.1) is 5.10 Å². The summed E-state index contributed by atoms with van der Waals surface area (Å²) in [6.45, 7) is 3.87. The molecule has 32 heavy (non-hydrogen) atoms. The number of nitrogens with zero attached hydrogens (tertiary/aromatic N) is 5. The smallest absolute Gasteiger partial charge is 0.247 e. The van der Waals surface area contributed by atoms with E-state index in [9.17, 15) is 4.79 Å². The minimum absolute atomic E-state index is 0.0136. The number of nitrogens with one attached hydrogen (secondary N) is 3. The fraction of sp³-hybridized carbons (Fsp3) is 0.478. The largest absolute Gasteiger partial charge is 0.364 e. The molecular formula is C23H28N8O. The molecule has 1 amide bonds. The Labute approximate surface area is 186 Å². The molecule has 1 unspecified atom stereocenters. The number of piperidine rings is 1. The van der Waals surface area contributed by atoms with E-state index in [1.54, 1.807) is 10.7 Å². The van der Waals surface area contributed by atoms with Crippen LogP contribution in [0.2, 0.25) is 0 Å². The van der Waals surface area contributed by atoms with E-state index in [1.807, 2.05) is 38.2 Å². The van der Waals surface area contributed by atoms with Crippen molar-refractivity contribution >= 4 is 34.7 Å². The quantitative estimate of drug-likeness (QED) is 0.582. The fourth-order valence-electron chi connectivity index (χ4n) is 5.50. The highest BCUT2D eigenvalue weighted by Crippen LogP contribution is 2.39. The van der Waals surface area contributed by atoms with Crippen LogP contribution in [0.15, 0.2) is 30.6 Å². The minimum Gasteiger partial charge on any atom is -0.364 e. The molecule has 2 saturated heterocycles. The Bertz CT molecular complexity index is 1200. The maximum Gasteiger partial charge on any atom is 0.247 e. The van der Waals surface area contributed by atoms with Gasteiger partial charge in [0.25, 0.3) is 0 Å². The minimum atomic E-state index is -0.519. The Hall–Kier alpha value is -3.20. The van der Waals surface area contributed by atoms with E-state index in [0.717, 1.165) is 35.6 Å². The third-order valence-electron chi connectivity index (χ3n) is 7.46. The van der Waals surface area contributed by atoms with Crippen LogP contribution in [0.25, 0.3) is 5.65 Å². The van der Waals surface area contributed by atoms with Crippen molar-refractivity contribution < 1.29 is 4.79 Å². The van der Waals surface area contributed by atoms with E-state index >= 15 is 0 Å². The highest BCUT2D eigenvalue weighted by Gasteiger charge is 2.39. The van der Waals surface area contributed by atoms with Crippen molar-refractivity contribution in [3.63, 3.8) is 0 Å². The molecule has 0 saturated carbocycles. The molecule has 9 nitrogen and oxygen atoms in total. The molecule has 3 aliphatic rings. The van der Waals surface area contributed by atoms with Gasteiger partial charge in [-0.3, -0.25) is 4.79 Å². The van der Waals surface area contributed by atoms with E-state index in [0.29, 0.717) is 29.7 Å². The molecule has 3 atom stereocenters. The molecule has 9 heteroatoms. The number of benzene rings is 1. The Morgan fingerprint density at radius 1 is 1.19 bits per heavy atom. The van der Waals surface area contributed by atoms with Gasteiger partial charge in [0, 0.05) is 41.9 Å². The Kier molecular flexibility index (Phi) is 4.20. The van der Waals surface area contributed by atoms with Gasteiger partial charge in [-0.1, -0.05) is 6.07 Å². The highest BCUT2D eigenvalue weighted by atomic mass is 16.2. The molecule has 0 spiro atoms. The van der Waals surface area contributed by atoms with Gasteiger partial charge in [0.1, 0.15) is 0 Å². The zero-order valence-electron chi connectivity index (χ0n) is 18.6. The van der Waals surface area contributed by atoms with Gasteiger partial charge in [0.2, 0.25) is 11.9 Å². The summed E-state index contributed by atoms with van der Waals surface area (Å²) in [5, 5.41) is 14.4. The normalized spacial score (nSPS) is 26.2. The van der Waals surface area contributed by atoms with Crippen LogP contribution < -0.4 is 16.0 Å². The van der Waals surface area contributed by atoms with Crippen molar-refractivity contribution in [1.29, 1.82) is 0 Å². The first-order valence-electron chi connectivity index (χ1n) is 11.3. The van der Waals surface area contributed by atoms with Gasteiger partial charge in [-0.05, 0) is 64.3 Å². The predicted octanol–water partition coefficient (Wildman–Crippen LogP) is 3.13. The molecule has 166 valence electrons. The Balaban J connectivity index is 1.23. The summed E-state index contributed by atoms with van der Waals surface area (Å²) >= 11 is 0. The van der Waals surface area contributed by atoms with Crippen LogP contribution in [-0.4, -0.2) is 55.6 Å². The lowest BCUT2D eigenvalue weighted by atomic mass is 9.86. The number of rotatable bonds is 4. The van der Waals surface area contributed by atoms with Crippen molar-refractivity contribution in [3.8, 4) is 0 Å². The Morgan fingerprint density at radius 3 is 2.75 bits per heavy atom. The van der Waals surface area contributed by atoms with Crippen LogP contribution in [-0.2, 0) is 10.2 Å². The summed E-state index contributed by atoms with van der Waals surface area (Å²) in [5.41, 5.74) is 2.84. The number of amides is 1. The van der Waals surface area contributed by atoms with Gasteiger partial charge in [-0.2, -0.15) is 4.98 Å². The van der Waals surface area contributed by atoms with Crippen molar-refractivity contribution in [3.05, 3.63) is 36.2 Å². The average Bonchev–Trinajstić information content (AvgIpc) is 3.31. The molecule has 5 heterocycles. The van der Waals surface area contributed by atoms with Gasteiger partial charge in [0.05, 0.1) is 5.41 Å². The number of fused-ring (bicyclic) bond motifs is 4. The SMILES string of the molecule is CN1[C@@H]2CC[C@H]1CC(Nc1nccn3nc(Nc4ccc5c(c4)NC(=O)C5(C)C)nc13)C2. The van der Waals surface area contributed by atoms with Crippen molar-refractivity contribution in [1.82, 2.24) is 24.5 Å². The molecule has 2 fully saturated rings. The third-order valence-corrected chi connectivity index (χ3v) is 7.46. The molecule has 0 aliphatic carbocycles. The standard InChI is InChI=1S/C23H28N8O/c1-23(2)17-7-4-13(12-18(17)27-21(23)32)26-22-28-20-19(24-8-9-31(20)29-22)25-14-10-15-5-6-16(11-14)30(15)3/h4,7-9,12,14-16H,5-6,10-11H2,1-3H3,(H,24,25)(H,26,29)(H,27,32)/t14?,15-,16+. The molecule has 2 bridgehead atoms. The molecule has 3 aliphatic heterocycles. The van der Waals surface area contributed by atoms with E-state index in [-0.39, 0.29) is 5.91 Å². The zero-order chi connectivity index (χ0) is 22.0. The van der Waals surface area contributed by atoms with Gasteiger partial charge < -0.3 is 20.9 Å². The third kappa shape index (κ3) is 3.02. The number of carbonyl (C=O) groups excluding carboxylic acids is 1. The summed E-state index contributed by atoms with van der Waals surface area (Å²) in [4.78, 5) is 24.0. The monoisotopic (exact) mass is 432 g/mol. The Morgan fingerprint density at radius 2 is 1.97 bits per heavy atom. The summed E-state index contributed by atoms with van der Waals surface area (Å²) in [6, 6.07) is 7.59. The summed E-state index contributed by atoms with van der Waals surface area (Å²) in [6.07, 6.45) is 8.40. The van der Waals surface area contributed by atoms with Gasteiger partial charge in [0.15, 0.2) is 11.5 Å². The maximum absolute atomic E-state index is 12.2. The van der Waals surface area contributed by atoms with E-state index in [2.05, 4.69) is 38.0 Å². The van der Waals surface area contributed by atoms with Crippen LogP contribution in [0.1, 0.15) is 45.1 Å². The second kappa shape index (κ2) is 6.90. The molecule has 1 aromatic carbocycles. The molecule has 0 radical (unpaired) electrons. The molecule has 3 aromatic rings. The predicted molar refractivity (Wildman–Crippen MR) is 123 cm³/mol. The number of carbonyl (C=O) groups is 1. The number of anilines is 4.